The lowest BCUT2D eigenvalue weighted by atomic mass is 9.74. The number of amides is 1. The maximum atomic E-state index is 15.1. The van der Waals surface area contributed by atoms with Crippen molar-refractivity contribution in [3.8, 4) is 0 Å². The van der Waals surface area contributed by atoms with Crippen LogP contribution >= 0.6 is 0 Å². The van der Waals surface area contributed by atoms with Crippen LogP contribution in [0.5, 0.6) is 0 Å². The fourth-order valence-corrected chi connectivity index (χ4v) is 10.3. The summed E-state index contributed by atoms with van der Waals surface area (Å²) in [5, 5.41) is 0. The maximum Gasteiger partial charge on any atom is 0.435 e. The van der Waals surface area contributed by atoms with E-state index in [1.165, 1.54) is 4.90 Å². The molecule has 2 aliphatic carbocycles. The molecule has 0 spiro atoms. The van der Waals surface area contributed by atoms with Gasteiger partial charge < -0.3 is 9.64 Å². The number of ether oxygens (including phenoxy) is 1. The second kappa shape index (κ2) is 12.2. The van der Waals surface area contributed by atoms with Gasteiger partial charge in [0, 0.05) is 18.0 Å². The van der Waals surface area contributed by atoms with Gasteiger partial charge in [-0.3, -0.25) is 9.59 Å². The fraction of sp³-hybridized carbons (Fsp3) is 0.588. The van der Waals surface area contributed by atoms with Crippen LogP contribution in [0.2, 0.25) is 0 Å². The van der Waals surface area contributed by atoms with E-state index in [-0.39, 0.29) is 54.9 Å². The van der Waals surface area contributed by atoms with E-state index < -0.39 is 78.3 Å². The molecule has 270 valence electrons. The number of aryl methyl sites for hydroxylation is 1. The summed E-state index contributed by atoms with van der Waals surface area (Å²) in [6.45, 7) is 6.92. The molecule has 2 unspecified atom stereocenters. The van der Waals surface area contributed by atoms with Gasteiger partial charge in [-0.1, -0.05) is 31.2 Å². The van der Waals surface area contributed by atoms with Crippen molar-refractivity contribution < 1.29 is 57.9 Å². The first-order valence-electron chi connectivity index (χ1n) is 16.0. The van der Waals surface area contributed by atoms with E-state index >= 15 is 4.39 Å². The van der Waals surface area contributed by atoms with Crippen molar-refractivity contribution in [1.82, 2.24) is 4.90 Å². The average molecular weight is 724 g/mol. The lowest BCUT2D eigenvalue weighted by Crippen LogP contribution is -2.54. The number of carbonyl (C=O) groups excluding carboxylic acids is 2. The van der Waals surface area contributed by atoms with E-state index in [0.717, 1.165) is 30.3 Å². The van der Waals surface area contributed by atoms with Crippen LogP contribution in [0.1, 0.15) is 76.5 Å². The van der Waals surface area contributed by atoms with Gasteiger partial charge in [0.05, 0.1) is 16.9 Å². The van der Waals surface area contributed by atoms with Gasteiger partial charge >= 0.3 is 24.0 Å². The number of benzene rings is 2. The number of likely N-dealkylation sites (tertiary alicyclic amines) is 1. The monoisotopic (exact) mass is 723 g/mol. The number of alkyl halides is 7. The Kier molecular flexibility index (Phi) is 9.24. The predicted octanol–water partition coefficient (Wildman–Crippen LogP) is 7.73. The van der Waals surface area contributed by atoms with Crippen molar-refractivity contribution in [2.75, 3.05) is 6.54 Å². The molecule has 0 bridgehead atoms. The van der Waals surface area contributed by atoms with Gasteiger partial charge in [0.1, 0.15) is 16.2 Å². The third-order valence-corrected chi connectivity index (χ3v) is 12.7. The van der Waals surface area contributed by atoms with E-state index in [9.17, 15) is 48.7 Å². The van der Waals surface area contributed by atoms with Gasteiger partial charge in [0.2, 0.25) is 5.91 Å². The number of hydrogen-bond donors (Lipinski definition) is 0. The van der Waals surface area contributed by atoms with Gasteiger partial charge in [0.25, 0.3) is 0 Å². The number of hydrogen-bond acceptors (Lipinski definition) is 5. The summed E-state index contributed by atoms with van der Waals surface area (Å²) in [5.41, 5.74) is -8.60. The SMILES string of the molecule is C[C@H]1C[C@@H](C(=O)N2CCC3(S(=O)(=O)c4cccc(F)c4)c4ccc(C(F)(C(F)(F)F)C(F)(F)F)cc4CCC23)CC[C@H]1C(=O)OC(C)(C)C. The molecule has 2 fully saturated rings. The van der Waals surface area contributed by atoms with Crippen molar-refractivity contribution in [3.05, 3.63) is 65.0 Å². The Labute approximate surface area is 279 Å². The average Bonchev–Trinajstić information content (AvgIpc) is 3.39. The zero-order valence-electron chi connectivity index (χ0n) is 27.2. The Bertz CT molecular complexity index is 1720. The van der Waals surface area contributed by atoms with Crippen LogP contribution in [0.25, 0.3) is 0 Å². The quantitative estimate of drug-likeness (QED) is 0.233. The standard InChI is InChI=1S/C34H37F8NO5S/c1-19-16-21(8-11-25(19)29(45)48-30(2,3)4)28(44)43-15-14-31(49(46,47)24-7-5-6-23(35)18-24)26-12-10-22(17-20(26)9-13-27(31)43)32(36,33(37,38)39)34(40,41)42/h5-7,10,12,17-19,21,25,27H,8-9,11,13-16H2,1-4H3/t19-,21-,25+,27?,31?/m0/s1. The van der Waals surface area contributed by atoms with Crippen molar-refractivity contribution in [3.63, 3.8) is 0 Å². The molecule has 1 amide bonds. The molecule has 1 heterocycles. The van der Waals surface area contributed by atoms with Crippen molar-refractivity contribution in [1.29, 1.82) is 0 Å². The maximum absolute atomic E-state index is 15.1. The zero-order chi connectivity index (χ0) is 36.5. The van der Waals surface area contributed by atoms with Crippen molar-refractivity contribution in [2.45, 2.75) is 106 Å². The molecule has 0 radical (unpaired) electrons. The molecule has 1 saturated heterocycles. The molecule has 49 heavy (non-hydrogen) atoms. The summed E-state index contributed by atoms with van der Waals surface area (Å²) in [4.78, 5) is 27.9. The molecule has 2 aromatic rings. The van der Waals surface area contributed by atoms with Gasteiger partial charge in [-0.05, 0) is 94.5 Å². The third-order valence-electron chi connectivity index (χ3n) is 10.2. The van der Waals surface area contributed by atoms with E-state index in [1.54, 1.807) is 20.8 Å². The highest BCUT2D eigenvalue weighted by atomic mass is 32.2. The number of rotatable bonds is 5. The normalized spacial score (nSPS) is 26.6. The van der Waals surface area contributed by atoms with Crippen LogP contribution in [0.15, 0.2) is 47.4 Å². The number of sulfone groups is 1. The summed E-state index contributed by atoms with van der Waals surface area (Å²) < 4.78 is 144. The molecule has 1 aliphatic heterocycles. The summed E-state index contributed by atoms with van der Waals surface area (Å²) in [6.07, 6.45) is -12.6. The Morgan fingerprint density at radius 1 is 0.918 bits per heavy atom. The van der Waals surface area contributed by atoms with Crippen LogP contribution in [0, 0.1) is 23.6 Å². The van der Waals surface area contributed by atoms with E-state index in [4.69, 9.17) is 4.74 Å². The highest BCUT2D eigenvalue weighted by Crippen LogP contribution is 2.57. The Balaban J connectivity index is 1.56. The Morgan fingerprint density at radius 2 is 1.57 bits per heavy atom. The first-order valence-corrected chi connectivity index (χ1v) is 17.4. The number of esters is 1. The fourth-order valence-electron chi connectivity index (χ4n) is 7.92. The lowest BCUT2D eigenvalue weighted by molar-refractivity contribution is -0.348. The van der Waals surface area contributed by atoms with Crippen molar-refractivity contribution >= 4 is 21.7 Å². The number of nitrogens with zero attached hydrogens (tertiary/aromatic N) is 1. The van der Waals surface area contributed by atoms with Gasteiger partial charge in [-0.25, -0.2) is 17.2 Å². The minimum atomic E-state index is -6.38. The molecule has 2 aromatic carbocycles. The summed E-state index contributed by atoms with van der Waals surface area (Å²) in [5.74, 6) is -3.00. The molecule has 6 nitrogen and oxygen atoms in total. The number of halogens is 8. The van der Waals surface area contributed by atoms with Crippen LogP contribution in [0.4, 0.5) is 35.1 Å². The molecule has 0 N–H and O–H groups in total. The van der Waals surface area contributed by atoms with E-state index in [1.807, 2.05) is 6.92 Å². The first-order chi connectivity index (χ1) is 22.5. The highest BCUT2D eigenvalue weighted by molar-refractivity contribution is 7.92. The number of fused-ring (bicyclic) bond motifs is 3. The zero-order valence-corrected chi connectivity index (χ0v) is 28.0. The molecule has 15 heteroatoms. The molecule has 5 atom stereocenters. The van der Waals surface area contributed by atoms with Crippen LogP contribution < -0.4 is 0 Å². The van der Waals surface area contributed by atoms with Gasteiger partial charge in [0.15, 0.2) is 9.84 Å². The first kappa shape index (κ1) is 37.0. The van der Waals surface area contributed by atoms with Gasteiger partial charge in [-0.2, -0.15) is 26.3 Å². The number of carbonyl (C=O) groups is 2. The second-order valence-corrected chi connectivity index (χ2v) is 16.5. The molecule has 1 saturated carbocycles. The molecule has 0 aromatic heterocycles. The van der Waals surface area contributed by atoms with E-state index in [0.29, 0.717) is 25.3 Å². The third kappa shape index (κ3) is 6.11. The van der Waals surface area contributed by atoms with Crippen LogP contribution in [-0.4, -0.2) is 55.7 Å². The Morgan fingerprint density at radius 3 is 2.14 bits per heavy atom. The summed E-state index contributed by atoms with van der Waals surface area (Å²) in [7, 11) is -4.68. The lowest BCUT2D eigenvalue weighted by Gasteiger charge is -2.44. The minimum absolute atomic E-state index is 0.127. The molecule has 3 aliphatic rings. The predicted molar refractivity (Wildman–Crippen MR) is 161 cm³/mol. The molecule has 5 rings (SSSR count). The molecular weight excluding hydrogens is 686 g/mol. The van der Waals surface area contributed by atoms with Crippen LogP contribution in [0.3, 0.4) is 0 Å². The summed E-state index contributed by atoms with van der Waals surface area (Å²) >= 11 is 0. The second-order valence-electron chi connectivity index (χ2n) is 14.3. The molecular formula is C34H37F8NO5S. The highest BCUT2D eigenvalue weighted by Gasteiger charge is 2.74. The Hall–Kier alpha value is -3.23. The van der Waals surface area contributed by atoms with Crippen molar-refractivity contribution in [2.24, 2.45) is 17.8 Å². The van der Waals surface area contributed by atoms with E-state index in [2.05, 4.69) is 0 Å². The van der Waals surface area contributed by atoms with Gasteiger partial charge in [-0.15, -0.1) is 0 Å². The van der Waals surface area contributed by atoms with Crippen LogP contribution in [-0.2, 0) is 41.0 Å². The largest absolute Gasteiger partial charge is 0.460 e. The summed E-state index contributed by atoms with van der Waals surface area (Å²) in [6, 6.07) is 4.36. The smallest absolute Gasteiger partial charge is 0.435 e. The minimum Gasteiger partial charge on any atom is -0.460 e. The topological polar surface area (TPSA) is 80.8 Å².